The van der Waals surface area contributed by atoms with Crippen molar-refractivity contribution in [3.05, 3.63) is 0 Å². The summed E-state index contributed by atoms with van der Waals surface area (Å²) in [5.74, 6) is 0.882. The van der Waals surface area contributed by atoms with Gasteiger partial charge in [-0.05, 0) is 62.2 Å². The zero-order chi connectivity index (χ0) is 39.9. The Morgan fingerprint density at radius 3 is 1.09 bits per heavy atom. The summed E-state index contributed by atoms with van der Waals surface area (Å²) < 4.78 is 24.1. The fourth-order valence-corrected chi connectivity index (χ4v) is 6.38. The number of hydrogen-bond acceptors (Lipinski definition) is 8. The molecular formula is C45H84O8. The summed E-state index contributed by atoms with van der Waals surface area (Å²) in [5.41, 5.74) is 0. The van der Waals surface area contributed by atoms with Gasteiger partial charge in [0.2, 0.25) is 0 Å². The van der Waals surface area contributed by atoms with Crippen molar-refractivity contribution in [2.24, 2.45) is 23.7 Å². The van der Waals surface area contributed by atoms with Crippen LogP contribution in [0.25, 0.3) is 0 Å². The molecular weight excluding hydrogens is 668 g/mol. The second-order valence-corrected chi connectivity index (χ2v) is 17.2. The number of ether oxygens (including phenoxy) is 4. The topological polar surface area (TPSA) is 105 Å². The third-order valence-electron chi connectivity index (χ3n) is 9.72. The van der Waals surface area contributed by atoms with Crippen molar-refractivity contribution in [2.75, 3.05) is 6.61 Å². The minimum atomic E-state index is -1.08. The largest absolute Gasteiger partial charge is 0.462 e. The first-order chi connectivity index (χ1) is 25.2. The maximum Gasteiger partial charge on any atom is 0.306 e. The van der Waals surface area contributed by atoms with Gasteiger partial charge in [-0.2, -0.15) is 0 Å². The van der Waals surface area contributed by atoms with Gasteiger partial charge in [0, 0.05) is 25.7 Å². The average molecular weight is 753 g/mol. The second kappa shape index (κ2) is 33.2. The Hall–Kier alpha value is -2.12. The highest BCUT2D eigenvalue weighted by molar-refractivity contribution is 5.72. The molecule has 0 aromatic carbocycles. The zero-order valence-electron chi connectivity index (χ0n) is 36.0. The lowest BCUT2D eigenvalue weighted by atomic mass is 10.0. The fraction of sp³-hybridized carbons (Fsp3) is 0.911. The molecule has 0 saturated heterocycles. The van der Waals surface area contributed by atoms with Crippen LogP contribution in [0.15, 0.2) is 0 Å². The molecule has 0 aliphatic heterocycles. The van der Waals surface area contributed by atoms with Gasteiger partial charge in [-0.3, -0.25) is 19.2 Å². The molecule has 0 bridgehead atoms. The Labute approximate surface area is 326 Å². The lowest BCUT2D eigenvalue weighted by Crippen LogP contribution is -2.48. The van der Waals surface area contributed by atoms with Crippen molar-refractivity contribution >= 4 is 23.9 Å². The maximum atomic E-state index is 13.4. The SMILES string of the molecule is CCCCCC(OC(=O)CCCCCC(C)C)[C@H](OC(=O)CCCCCC(C)C)[C@@H](COC(=O)CCCCCC(C)C)OC(=O)CCCCCC(C)C. The molecule has 0 heterocycles. The van der Waals surface area contributed by atoms with E-state index in [9.17, 15) is 19.2 Å². The third kappa shape index (κ3) is 31.9. The number of unbranched alkanes of at least 4 members (excludes halogenated alkanes) is 10. The molecule has 1 unspecified atom stereocenters. The molecule has 312 valence electrons. The van der Waals surface area contributed by atoms with Crippen molar-refractivity contribution in [2.45, 2.75) is 235 Å². The first kappa shape index (κ1) is 50.9. The Morgan fingerprint density at radius 2 is 0.717 bits per heavy atom. The van der Waals surface area contributed by atoms with Crippen LogP contribution in [0, 0.1) is 23.7 Å². The van der Waals surface area contributed by atoms with Gasteiger partial charge in [0.05, 0.1) is 0 Å². The van der Waals surface area contributed by atoms with Crippen LogP contribution in [-0.4, -0.2) is 48.8 Å². The molecule has 3 atom stereocenters. The summed E-state index contributed by atoms with van der Waals surface area (Å²) in [5, 5.41) is 0. The van der Waals surface area contributed by atoms with Gasteiger partial charge in [0.1, 0.15) is 12.7 Å². The van der Waals surface area contributed by atoms with E-state index in [0.29, 0.717) is 42.9 Å². The standard InChI is InChI=1S/C45H84O8/c1-10-11-16-29-39(51-42(47)31-22-13-18-26-36(4)5)45(53-44(49)33-24-15-20-28-38(8)9)40(52-43(48)32-23-14-19-27-37(6)7)34-50-41(46)30-21-12-17-25-35(2)3/h35-40,45H,10-34H2,1-9H3/t39?,40-,45+/m1/s1. The van der Waals surface area contributed by atoms with E-state index in [1.807, 2.05) is 0 Å². The molecule has 8 heteroatoms. The Balaban J connectivity index is 6.14. The highest BCUT2D eigenvalue weighted by atomic mass is 16.6. The van der Waals surface area contributed by atoms with E-state index in [-0.39, 0.29) is 44.2 Å². The minimum Gasteiger partial charge on any atom is -0.462 e. The molecule has 53 heavy (non-hydrogen) atoms. The lowest BCUT2D eigenvalue weighted by molar-refractivity contribution is -0.192. The van der Waals surface area contributed by atoms with Crippen molar-refractivity contribution in [1.82, 2.24) is 0 Å². The van der Waals surface area contributed by atoms with Crippen LogP contribution < -0.4 is 0 Å². The number of carbonyl (C=O) groups is 4. The molecule has 0 aromatic rings. The monoisotopic (exact) mass is 753 g/mol. The van der Waals surface area contributed by atoms with Gasteiger partial charge >= 0.3 is 23.9 Å². The lowest BCUT2D eigenvalue weighted by Gasteiger charge is -2.32. The predicted molar refractivity (Wildman–Crippen MR) is 216 cm³/mol. The van der Waals surface area contributed by atoms with E-state index < -0.39 is 30.3 Å². The Morgan fingerprint density at radius 1 is 0.377 bits per heavy atom. The first-order valence-electron chi connectivity index (χ1n) is 22.0. The molecule has 0 aliphatic rings. The quantitative estimate of drug-likeness (QED) is 0.0358. The normalized spacial score (nSPS) is 13.4. The van der Waals surface area contributed by atoms with E-state index in [0.717, 1.165) is 109 Å². The highest BCUT2D eigenvalue weighted by Gasteiger charge is 2.39. The van der Waals surface area contributed by atoms with Gasteiger partial charge in [0.25, 0.3) is 0 Å². The summed E-state index contributed by atoms with van der Waals surface area (Å²) in [6.45, 7) is 19.4. The minimum absolute atomic E-state index is 0.214. The number of rotatable bonds is 35. The van der Waals surface area contributed by atoms with Crippen LogP contribution in [-0.2, 0) is 38.1 Å². The van der Waals surface area contributed by atoms with Crippen molar-refractivity contribution < 1.29 is 38.1 Å². The molecule has 0 amide bonds. The van der Waals surface area contributed by atoms with Crippen molar-refractivity contribution in [3.8, 4) is 0 Å². The Bertz CT molecular complexity index is 927. The molecule has 0 N–H and O–H groups in total. The van der Waals surface area contributed by atoms with E-state index in [4.69, 9.17) is 18.9 Å². The maximum absolute atomic E-state index is 13.4. The van der Waals surface area contributed by atoms with E-state index in [1.165, 1.54) is 0 Å². The van der Waals surface area contributed by atoms with E-state index in [2.05, 4.69) is 62.3 Å². The molecule has 8 nitrogen and oxygen atoms in total. The van der Waals surface area contributed by atoms with Crippen LogP contribution in [0.3, 0.4) is 0 Å². The third-order valence-corrected chi connectivity index (χ3v) is 9.72. The van der Waals surface area contributed by atoms with Gasteiger partial charge in [-0.1, -0.05) is 152 Å². The highest BCUT2D eigenvalue weighted by Crippen LogP contribution is 2.23. The van der Waals surface area contributed by atoms with Crippen LogP contribution in [0.2, 0.25) is 0 Å². The van der Waals surface area contributed by atoms with Crippen LogP contribution in [0.1, 0.15) is 216 Å². The summed E-state index contributed by atoms with van der Waals surface area (Å²) in [6.07, 6.45) is 16.2. The molecule has 0 rings (SSSR count). The van der Waals surface area contributed by atoms with Crippen LogP contribution in [0.4, 0.5) is 0 Å². The molecule has 0 fully saturated rings. The number of carbonyl (C=O) groups excluding carboxylic acids is 4. The molecule has 0 aromatic heterocycles. The van der Waals surface area contributed by atoms with Gasteiger partial charge in [-0.25, -0.2) is 0 Å². The smallest absolute Gasteiger partial charge is 0.306 e. The summed E-state index contributed by atoms with van der Waals surface area (Å²) in [6, 6.07) is 0. The average Bonchev–Trinajstić information content (AvgIpc) is 3.07. The molecule has 0 saturated carbocycles. The van der Waals surface area contributed by atoms with Crippen molar-refractivity contribution in [1.29, 1.82) is 0 Å². The summed E-state index contributed by atoms with van der Waals surface area (Å²) >= 11 is 0. The summed E-state index contributed by atoms with van der Waals surface area (Å²) in [7, 11) is 0. The van der Waals surface area contributed by atoms with Gasteiger partial charge in [-0.15, -0.1) is 0 Å². The predicted octanol–water partition coefficient (Wildman–Crippen LogP) is 12.3. The molecule has 0 aliphatic carbocycles. The Kier molecular flexibility index (Phi) is 31.9. The van der Waals surface area contributed by atoms with Gasteiger partial charge in [0.15, 0.2) is 12.2 Å². The molecule has 0 radical (unpaired) electrons. The molecule has 0 spiro atoms. The second-order valence-electron chi connectivity index (χ2n) is 17.2. The van der Waals surface area contributed by atoms with Crippen molar-refractivity contribution in [3.63, 3.8) is 0 Å². The first-order valence-corrected chi connectivity index (χ1v) is 22.0. The number of hydrogen-bond donors (Lipinski definition) is 0. The van der Waals surface area contributed by atoms with E-state index in [1.54, 1.807) is 0 Å². The van der Waals surface area contributed by atoms with Crippen LogP contribution in [0.5, 0.6) is 0 Å². The summed E-state index contributed by atoms with van der Waals surface area (Å²) in [4.78, 5) is 53.0. The fourth-order valence-electron chi connectivity index (χ4n) is 6.38. The number of esters is 4. The van der Waals surface area contributed by atoms with Gasteiger partial charge < -0.3 is 18.9 Å². The zero-order valence-corrected chi connectivity index (χ0v) is 36.0. The van der Waals surface area contributed by atoms with Crippen LogP contribution >= 0.6 is 0 Å². The van der Waals surface area contributed by atoms with E-state index >= 15 is 0 Å².